The molecule has 0 atom stereocenters. The van der Waals surface area contributed by atoms with E-state index in [1.165, 1.54) is 11.1 Å². The number of rotatable bonds is 4. The van der Waals surface area contributed by atoms with E-state index in [1.54, 1.807) is 14.2 Å². The van der Waals surface area contributed by atoms with Crippen LogP contribution in [-0.2, 0) is 6.42 Å². The number of benzene rings is 3. The van der Waals surface area contributed by atoms with Gasteiger partial charge in [-0.2, -0.15) is 0 Å². The van der Waals surface area contributed by atoms with Crippen LogP contribution in [0.15, 0.2) is 54.6 Å². The fraction of sp³-hybridized carbons (Fsp3) is 0.200. The summed E-state index contributed by atoms with van der Waals surface area (Å²) in [5.41, 5.74) is 3.59. The van der Waals surface area contributed by atoms with E-state index in [0.717, 1.165) is 34.3 Å². The first-order valence-electron chi connectivity index (χ1n) is 7.42. The molecule has 3 aromatic carbocycles. The zero-order valence-electron chi connectivity index (χ0n) is 13.2. The molecule has 0 saturated heterocycles. The zero-order chi connectivity index (χ0) is 15.5. The topological polar surface area (TPSA) is 18.5 Å². The van der Waals surface area contributed by atoms with Gasteiger partial charge < -0.3 is 9.47 Å². The minimum absolute atomic E-state index is 0.830. The van der Waals surface area contributed by atoms with Gasteiger partial charge in [0.15, 0.2) is 0 Å². The van der Waals surface area contributed by atoms with E-state index in [2.05, 4.69) is 43.3 Å². The molecule has 112 valence electrons. The van der Waals surface area contributed by atoms with Gasteiger partial charge in [0.05, 0.1) is 14.2 Å². The highest BCUT2D eigenvalue weighted by Gasteiger charge is 2.18. The van der Waals surface area contributed by atoms with Crippen LogP contribution >= 0.6 is 0 Å². The van der Waals surface area contributed by atoms with Gasteiger partial charge in [-0.1, -0.05) is 54.6 Å². The van der Waals surface area contributed by atoms with Crippen LogP contribution in [0.4, 0.5) is 0 Å². The van der Waals surface area contributed by atoms with Crippen LogP contribution in [-0.4, -0.2) is 14.2 Å². The van der Waals surface area contributed by atoms with Gasteiger partial charge in [-0.25, -0.2) is 0 Å². The van der Waals surface area contributed by atoms with E-state index in [1.807, 2.05) is 18.2 Å². The summed E-state index contributed by atoms with van der Waals surface area (Å²) in [7, 11) is 3.47. The van der Waals surface area contributed by atoms with E-state index >= 15 is 0 Å². The summed E-state index contributed by atoms with van der Waals surface area (Å²) < 4.78 is 11.4. The number of hydrogen-bond donors (Lipinski definition) is 0. The molecule has 0 aliphatic heterocycles. The van der Waals surface area contributed by atoms with Gasteiger partial charge in [0, 0.05) is 22.8 Å². The molecule has 22 heavy (non-hydrogen) atoms. The second-order valence-corrected chi connectivity index (χ2v) is 5.38. The van der Waals surface area contributed by atoms with Gasteiger partial charge in [-0.05, 0) is 18.1 Å². The highest BCUT2D eigenvalue weighted by molar-refractivity contribution is 5.96. The van der Waals surface area contributed by atoms with Crippen molar-refractivity contribution in [2.45, 2.75) is 13.3 Å². The molecule has 0 aromatic heterocycles. The fourth-order valence-corrected chi connectivity index (χ4v) is 3.06. The average Bonchev–Trinajstić information content (AvgIpc) is 2.57. The van der Waals surface area contributed by atoms with Crippen molar-refractivity contribution in [2.75, 3.05) is 14.2 Å². The number of methoxy groups -OCH3 is 2. The summed E-state index contributed by atoms with van der Waals surface area (Å²) in [6, 6.07) is 18.7. The molecule has 0 saturated carbocycles. The molecule has 0 aliphatic carbocycles. The molecule has 3 rings (SSSR count). The third kappa shape index (κ3) is 2.41. The third-order valence-corrected chi connectivity index (χ3v) is 4.12. The second-order valence-electron chi connectivity index (χ2n) is 5.38. The molecule has 3 aromatic rings. The lowest BCUT2D eigenvalue weighted by atomic mass is 9.94. The molecule has 0 aliphatic rings. The van der Waals surface area contributed by atoms with Crippen LogP contribution in [0.1, 0.15) is 16.7 Å². The Morgan fingerprint density at radius 3 is 1.86 bits per heavy atom. The summed E-state index contributed by atoms with van der Waals surface area (Å²) in [4.78, 5) is 0. The second kappa shape index (κ2) is 6.10. The van der Waals surface area contributed by atoms with E-state index in [0.29, 0.717) is 0 Å². The fourth-order valence-electron chi connectivity index (χ4n) is 3.06. The predicted molar refractivity (Wildman–Crippen MR) is 91.0 cm³/mol. The van der Waals surface area contributed by atoms with Crippen molar-refractivity contribution >= 4 is 10.8 Å². The van der Waals surface area contributed by atoms with Gasteiger partial charge in [0.2, 0.25) is 0 Å². The summed E-state index contributed by atoms with van der Waals surface area (Å²) in [6.07, 6.45) is 0.830. The first kappa shape index (κ1) is 14.5. The molecular weight excluding hydrogens is 272 g/mol. The summed E-state index contributed by atoms with van der Waals surface area (Å²) in [5.74, 6) is 1.88. The van der Waals surface area contributed by atoms with Crippen molar-refractivity contribution in [1.29, 1.82) is 0 Å². The quantitative estimate of drug-likeness (QED) is 0.690. The molecule has 0 radical (unpaired) electrons. The molecule has 0 spiro atoms. The van der Waals surface area contributed by atoms with Crippen molar-refractivity contribution in [2.24, 2.45) is 0 Å². The highest BCUT2D eigenvalue weighted by atomic mass is 16.5. The third-order valence-electron chi connectivity index (χ3n) is 4.12. The van der Waals surface area contributed by atoms with Crippen LogP contribution in [0.3, 0.4) is 0 Å². The lowest BCUT2D eigenvalue weighted by Gasteiger charge is -2.19. The van der Waals surface area contributed by atoms with Crippen LogP contribution in [0.5, 0.6) is 11.5 Å². The van der Waals surface area contributed by atoms with E-state index in [-0.39, 0.29) is 0 Å². The molecule has 0 N–H and O–H groups in total. The molecule has 0 amide bonds. The maximum absolute atomic E-state index is 5.76. The van der Waals surface area contributed by atoms with Crippen LogP contribution < -0.4 is 9.47 Å². The smallest absolute Gasteiger partial charge is 0.130 e. The molecule has 2 nitrogen and oxygen atoms in total. The van der Waals surface area contributed by atoms with E-state index in [4.69, 9.17) is 9.47 Å². The zero-order valence-corrected chi connectivity index (χ0v) is 13.2. The maximum atomic E-state index is 5.76. The van der Waals surface area contributed by atoms with Crippen molar-refractivity contribution in [1.82, 2.24) is 0 Å². The van der Waals surface area contributed by atoms with Crippen LogP contribution in [0.25, 0.3) is 10.8 Å². The minimum Gasteiger partial charge on any atom is -0.496 e. The first-order chi connectivity index (χ1) is 10.8. The SMILES string of the molecule is COc1c(C)c(Cc2ccccc2)c(OC)c2ccccc12. The average molecular weight is 292 g/mol. The summed E-state index contributed by atoms with van der Waals surface area (Å²) in [5, 5.41) is 2.19. The Kier molecular flexibility index (Phi) is 4.01. The standard InChI is InChI=1S/C20H20O2/c1-14-18(13-15-9-5-4-6-10-15)20(22-3)17-12-8-7-11-16(17)19(14)21-2/h4-12H,13H2,1-3H3. The number of ether oxygens (including phenoxy) is 2. The Bertz CT molecular complexity index is 792. The maximum Gasteiger partial charge on any atom is 0.130 e. The van der Waals surface area contributed by atoms with Gasteiger partial charge in [0.1, 0.15) is 11.5 Å². The van der Waals surface area contributed by atoms with Crippen molar-refractivity contribution < 1.29 is 9.47 Å². The largest absolute Gasteiger partial charge is 0.496 e. The van der Waals surface area contributed by atoms with E-state index in [9.17, 15) is 0 Å². The lowest BCUT2D eigenvalue weighted by Crippen LogP contribution is -2.01. The normalized spacial score (nSPS) is 10.7. The Balaban J connectivity index is 2.26. The number of fused-ring (bicyclic) bond motifs is 1. The molecule has 0 unspecified atom stereocenters. The van der Waals surface area contributed by atoms with Crippen LogP contribution in [0.2, 0.25) is 0 Å². The van der Waals surface area contributed by atoms with Crippen molar-refractivity contribution in [3.63, 3.8) is 0 Å². The molecule has 0 fully saturated rings. The minimum atomic E-state index is 0.830. The Labute approximate surface area is 131 Å². The Morgan fingerprint density at radius 1 is 0.727 bits per heavy atom. The highest BCUT2D eigenvalue weighted by Crippen LogP contribution is 2.41. The van der Waals surface area contributed by atoms with Gasteiger partial charge >= 0.3 is 0 Å². The first-order valence-corrected chi connectivity index (χ1v) is 7.42. The van der Waals surface area contributed by atoms with Gasteiger partial charge in [-0.15, -0.1) is 0 Å². The van der Waals surface area contributed by atoms with Crippen molar-refractivity contribution in [3.8, 4) is 11.5 Å². The Morgan fingerprint density at radius 2 is 1.27 bits per heavy atom. The number of hydrogen-bond acceptors (Lipinski definition) is 2. The molecule has 2 heteroatoms. The van der Waals surface area contributed by atoms with E-state index < -0.39 is 0 Å². The monoisotopic (exact) mass is 292 g/mol. The predicted octanol–water partition coefficient (Wildman–Crippen LogP) is 4.76. The lowest BCUT2D eigenvalue weighted by molar-refractivity contribution is 0.404. The van der Waals surface area contributed by atoms with Crippen LogP contribution in [0, 0.1) is 6.92 Å². The molecule has 0 heterocycles. The molecular formula is C20H20O2. The van der Waals surface area contributed by atoms with Gasteiger partial charge in [0.25, 0.3) is 0 Å². The summed E-state index contributed by atoms with van der Waals surface area (Å²) in [6.45, 7) is 2.10. The Hall–Kier alpha value is -2.48. The molecule has 0 bridgehead atoms. The van der Waals surface area contributed by atoms with Gasteiger partial charge in [-0.3, -0.25) is 0 Å². The van der Waals surface area contributed by atoms with Crippen molar-refractivity contribution in [3.05, 3.63) is 71.3 Å². The summed E-state index contributed by atoms with van der Waals surface area (Å²) >= 11 is 0.